The van der Waals surface area contributed by atoms with Gasteiger partial charge in [-0.1, -0.05) is 28.1 Å². The molecule has 0 radical (unpaired) electrons. The predicted molar refractivity (Wildman–Crippen MR) is 93.8 cm³/mol. The van der Waals surface area contributed by atoms with Crippen molar-refractivity contribution in [2.45, 2.75) is 6.92 Å². The van der Waals surface area contributed by atoms with E-state index < -0.39 is 5.97 Å². The molecule has 2 rings (SSSR count). The van der Waals surface area contributed by atoms with E-state index in [1.165, 1.54) is 7.11 Å². The number of ether oxygens (including phenoxy) is 1. The topological polar surface area (TPSA) is 67.4 Å². The molecule has 2 aromatic carbocycles. The van der Waals surface area contributed by atoms with Crippen LogP contribution >= 0.6 is 15.9 Å². The number of anilines is 2. The van der Waals surface area contributed by atoms with Gasteiger partial charge in [-0.15, -0.1) is 0 Å². The number of rotatable bonds is 5. The highest BCUT2D eigenvalue weighted by Crippen LogP contribution is 2.20. The fraction of sp³-hybridized carbons (Fsp3) is 0.176. The Morgan fingerprint density at radius 3 is 2.61 bits per heavy atom. The SMILES string of the molecule is COC(=O)c1cccc(NCC(=O)Nc2ccc(C)c(Br)c2)c1. The molecule has 2 N–H and O–H groups in total. The Bertz CT molecular complexity index is 732. The van der Waals surface area contributed by atoms with Crippen LogP contribution in [0, 0.1) is 6.92 Å². The summed E-state index contributed by atoms with van der Waals surface area (Å²) in [5.74, 6) is -0.591. The van der Waals surface area contributed by atoms with Gasteiger partial charge in [0.25, 0.3) is 0 Å². The van der Waals surface area contributed by atoms with E-state index in [9.17, 15) is 9.59 Å². The quantitative estimate of drug-likeness (QED) is 0.782. The highest BCUT2D eigenvalue weighted by Gasteiger charge is 2.07. The fourth-order valence-electron chi connectivity index (χ4n) is 1.93. The third-order valence-corrected chi connectivity index (χ3v) is 4.05. The lowest BCUT2D eigenvalue weighted by Gasteiger charge is -2.09. The molecular weight excluding hydrogens is 360 g/mol. The first kappa shape index (κ1) is 17.0. The van der Waals surface area contributed by atoms with Crippen molar-refractivity contribution in [1.82, 2.24) is 0 Å². The van der Waals surface area contributed by atoms with Crippen molar-refractivity contribution < 1.29 is 14.3 Å². The number of amides is 1. The van der Waals surface area contributed by atoms with Crippen LogP contribution in [0.3, 0.4) is 0 Å². The molecule has 6 heteroatoms. The van der Waals surface area contributed by atoms with Gasteiger partial charge in [0.1, 0.15) is 0 Å². The molecule has 0 saturated carbocycles. The van der Waals surface area contributed by atoms with E-state index in [0.717, 1.165) is 15.7 Å². The Labute approximate surface area is 143 Å². The summed E-state index contributed by atoms with van der Waals surface area (Å²) >= 11 is 3.43. The van der Waals surface area contributed by atoms with E-state index in [2.05, 4.69) is 31.3 Å². The summed E-state index contributed by atoms with van der Waals surface area (Å²) in [4.78, 5) is 23.4. The van der Waals surface area contributed by atoms with Crippen molar-refractivity contribution >= 4 is 39.2 Å². The van der Waals surface area contributed by atoms with Crippen LogP contribution in [0.25, 0.3) is 0 Å². The van der Waals surface area contributed by atoms with Crippen molar-refractivity contribution in [3.05, 3.63) is 58.1 Å². The Balaban J connectivity index is 1.94. The Morgan fingerprint density at radius 1 is 1.13 bits per heavy atom. The van der Waals surface area contributed by atoms with Crippen LogP contribution in [0.4, 0.5) is 11.4 Å². The van der Waals surface area contributed by atoms with Crippen LogP contribution < -0.4 is 10.6 Å². The molecule has 23 heavy (non-hydrogen) atoms. The second-order valence-electron chi connectivity index (χ2n) is 4.94. The summed E-state index contributed by atoms with van der Waals surface area (Å²) < 4.78 is 5.61. The van der Waals surface area contributed by atoms with Gasteiger partial charge in [0.2, 0.25) is 5.91 Å². The normalized spacial score (nSPS) is 10.0. The Kier molecular flexibility index (Phi) is 5.76. The van der Waals surface area contributed by atoms with Crippen LogP contribution in [0.15, 0.2) is 46.9 Å². The summed E-state index contributed by atoms with van der Waals surface area (Å²) in [6.45, 7) is 2.07. The zero-order valence-corrected chi connectivity index (χ0v) is 14.4. The molecule has 2 aromatic rings. The third-order valence-electron chi connectivity index (χ3n) is 3.19. The summed E-state index contributed by atoms with van der Waals surface area (Å²) in [6, 6.07) is 12.4. The minimum Gasteiger partial charge on any atom is -0.465 e. The lowest BCUT2D eigenvalue weighted by molar-refractivity contribution is -0.114. The molecule has 0 aliphatic rings. The molecule has 0 unspecified atom stereocenters. The van der Waals surface area contributed by atoms with E-state index in [1.54, 1.807) is 24.3 Å². The lowest BCUT2D eigenvalue weighted by Crippen LogP contribution is -2.21. The molecule has 5 nitrogen and oxygen atoms in total. The average Bonchev–Trinajstić information content (AvgIpc) is 2.56. The number of aryl methyl sites for hydroxylation is 1. The van der Waals surface area contributed by atoms with Crippen LogP contribution in [0.2, 0.25) is 0 Å². The van der Waals surface area contributed by atoms with Gasteiger partial charge in [0.15, 0.2) is 0 Å². The number of nitrogens with one attached hydrogen (secondary N) is 2. The summed E-state index contributed by atoms with van der Waals surface area (Å²) in [5, 5.41) is 5.78. The van der Waals surface area contributed by atoms with Crippen LogP contribution in [0.5, 0.6) is 0 Å². The average molecular weight is 377 g/mol. The van der Waals surface area contributed by atoms with E-state index >= 15 is 0 Å². The molecule has 0 saturated heterocycles. The van der Waals surface area contributed by atoms with Gasteiger partial charge >= 0.3 is 5.97 Å². The van der Waals surface area contributed by atoms with Crippen molar-refractivity contribution in [1.29, 1.82) is 0 Å². The van der Waals surface area contributed by atoms with Gasteiger partial charge in [0, 0.05) is 15.8 Å². The van der Waals surface area contributed by atoms with Crippen LogP contribution in [0.1, 0.15) is 15.9 Å². The fourth-order valence-corrected chi connectivity index (χ4v) is 2.31. The largest absolute Gasteiger partial charge is 0.465 e. The predicted octanol–water partition coefficient (Wildman–Crippen LogP) is 3.59. The van der Waals surface area contributed by atoms with Crippen molar-refractivity contribution in [2.75, 3.05) is 24.3 Å². The van der Waals surface area contributed by atoms with Crippen molar-refractivity contribution in [2.24, 2.45) is 0 Å². The van der Waals surface area contributed by atoms with Gasteiger partial charge in [-0.2, -0.15) is 0 Å². The second-order valence-corrected chi connectivity index (χ2v) is 5.79. The molecule has 0 aromatic heterocycles. The first-order valence-corrected chi connectivity index (χ1v) is 7.77. The van der Waals surface area contributed by atoms with Crippen molar-refractivity contribution in [3.63, 3.8) is 0 Å². The highest BCUT2D eigenvalue weighted by atomic mass is 79.9. The minimum atomic E-state index is -0.414. The molecule has 1 amide bonds. The molecule has 0 heterocycles. The molecule has 0 bridgehead atoms. The van der Waals surface area contributed by atoms with Crippen molar-refractivity contribution in [3.8, 4) is 0 Å². The Morgan fingerprint density at radius 2 is 1.91 bits per heavy atom. The maximum Gasteiger partial charge on any atom is 0.337 e. The summed E-state index contributed by atoms with van der Waals surface area (Å²) in [5.41, 5.74) is 2.92. The highest BCUT2D eigenvalue weighted by molar-refractivity contribution is 9.10. The summed E-state index contributed by atoms with van der Waals surface area (Å²) in [7, 11) is 1.33. The standard InChI is InChI=1S/C17H17BrN2O3/c1-11-6-7-14(9-15(11)18)20-16(21)10-19-13-5-3-4-12(8-13)17(22)23-2/h3-9,19H,10H2,1-2H3,(H,20,21). The minimum absolute atomic E-state index is 0.0934. The lowest BCUT2D eigenvalue weighted by atomic mass is 10.2. The number of hydrogen-bond donors (Lipinski definition) is 2. The van der Waals surface area contributed by atoms with Gasteiger partial charge in [0.05, 0.1) is 19.2 Å². The molecule has 0 aliphatic heterocycles. The van der Waals surface area contributed by atoms with E-state index in [-0.39, 0.29) is 12.5 Å². The van der Waals surface area contributed by atoms with Crippen LogP contribution in [-0.4, -0.2) is 25.5 Å². The molecule has 120 valence electrons. The van der Waals surface area contributed by atoms with Gasteiger partial charge in [-0.25, -0.2) is 4.79 Å². The smallest absolute Gasteiger partial charge is 0.337 e. The molecular formula is C17H17BrN2O3. The van der Waals surface area contributed by atoms with Gasteiger partial charge < -0.3 is 15.4 Å². The van der Waals surface area contributed by atoms with Gasteiger partial charge in [-0.05, 0) is 42.8 Å². The zero-order valence-electron chi connectivity index (χ0n) is 12.9. The first-order chi connectivity index (χ1) is 11.0. The molecule has 0 fully saturated rings. The third kappa shape index (κ3) is 4.82. The number of benzene rings is 2. The molecule has 0 spiro atoms. The maximum absolute atomic E-state index is 12.0. The van der Waals surface area contributed by atoms with E-state index in [4.69, 9.17) is 0 Å². The zero-order chi connectivity index (χ0) is 16.8. The number of carbonyl (C=O) groups excluding carboxylic acids is 2. The monoisotopic (exact) mass is 376 g/mol. The number of esters is 1. The van der Waals surface area contributed by atoms with E-state index in [1.807, 2.05) is 25.1 Å². The van der Waals surface area contributed by atoms with E-state index in [0.29, 0.717) is 11.3 Å². The van der Waals surface area contributed by atoms with Crippen LogP contribution in [-0.2, 0) is 9.53 Å². The number of hydrogen-bond acceptors (Lipinski definition) is 4. The Hall–Kier alpha value is -2.34. The number of methoxy groups -OCH3 is 1. The maximum atomic E-state index is 12.0. The van der Waals surface area contributed by atoms with Gasteiger partial charge in [-0.3, -0.25) is 4.79 Å². The summed E-state index contributed by atoms with van der Waals surface area (Å²) in [6.07, 6.45) is 0. The molecule has 0 aliphatic carbocycles. The molecule has 0 atom stereocenters. The first-order valence-electron chi connectivity index (χ1n) is 6.98. The number of halogens is 1. The second kappa shape index (κ2) is 7.78. The number of carbonyl (C=O) groups is 2.